The third kappa shape index (κ3) is 4.54. The van der Waals surface area contributed by atoms with Crippen LogP contribution < -0.4 is 0 Å². The van der Waals surface area contributed by atoms with Crippen LogP contribution in [0, 0.1) is 16.7 Å². The first-order chi connectivity index (χ1) is 7.01. The highest BCUT2D eigenvalue weighted by Crippen LogP contribution is 2.39. The van der Waals surface area contributed by atoms with Crippen molar-refractivity contribution in [3.63, 3.8) is 0 Å². The normalized spacial score (nSPS) is 14.8. The zero-order valence-electron chi connectivity index (χ0n) is 12.3. The molecular weight excluding hydrogens is 198 g/mol. The predicted molar refractivity (Wildman–Crippen MR) is 70.3 cm³/mol. The molecule has 0 saturated heterocycles. The maximum atomic E-state index is 12.3. The molecule has 0 radical (unpaired) electrons. The highest BCUT2D eigenvalue weighted by Gasteiger charge is 2.37. The monoisotopic (exact) mass is 227 g/mol. The molecule has 0 heterocycles. The van der Waals surface area contributed by atoms with Crippen LogP contribution in [0.15, 0.2) is 0 Å². The standard InChI is InChI=1S/C14H29NO/c1-9-14(5,6)11(10-13(2,3)4)12(16)15(7)8/h11H,9-10H2,1-8H3. The molecule has 2 heteroatoms. The Hall–Kier alpha value is -0.530. The van der Waals surface area contributed by atoms with Crippen molar-refractivity contribution in [1.82, 2.24) is 4.90 Å². The molecule has 0 N–H and O–H groups in total. The summed E-state index contributed by atoms with van der Waals surface area (Å²) < 4.78 is 0. The third-order valence-electron chi connectivity index (χ3n) is 3.41. The van der Waals surface area contributed by atoms with Gasteiger partial charge in [-0.05, 0) is 17.3 Å². The fourth-order valence-corrected chi connectivity index (χ4v) is 1.87. The SMILES string of the molecule is CCC(C)(C)C(CC(C)(C)C)C(=O)N(C)C. The van der Waals surface area contributed by atoms with Crippen molar-refractivity contribution in [2.45, 2.75) is 54.4 Å². The van der Waals surface area contributed by atoms with Crippen molar-refractivity contribution in [1.29, 1.82) is 0 Å². The molecule has 0 rings (SSSR count). The highest BCUT2D eigenvalue weighted by molar-refractivity contribution is 5.79. The van der Waals surface area contributed by atoms with Crippen LogP contribution in [0.3, 0.4) is 0 Å². The molecule has 1 atom stereocenters. The first-order valence-electron chi connectivity index (χ1n) is 6.22. The molecule has 0 aliphatic carbocycles. The first-order valence-corrected chi connectivity index (χ1v) is 6.22. The number of hydrogen-bond acceptors (Lipinski definition) is 1. The van der Waals surface area contributed by atoms with E-state index in [0.29, 0.717) is 0 Å². The van der Waals surface area contributed by atoms with Crippen LogP contribution in [0.4, 0.5) is 0 Å². The Morgan fingerprint density at radius 1 is 1.12 bits per heavy atom. The van der Waals surface area contributed by atoms with Crippen LogP contribution >= 0.6 is 0 Å². The molecule has 1 amide bonds. The number of carbonyl (C=O) groups excluding carboxylic acids is 1. The lowest BCUT2D eigenvalue weighted by Gasteiger charge is -2.38. The lowest BCUT2D eigenvalue weighted by Crippen LogP contribution is -2.40. The summed E-state index contributed by atoms with van der Waals surface area (Å²) in [5.74, 6) is 0.384. The van der Waals surface area contributed by atoms with Crippen molar-refractivity contribution in [2.75, 3.05) is 14.1 Å². The molecule has 0 aromatic carbocycles. The fourth-order valence-electron chi connectivity index (χ4n) is 1.87. The highest BCUT2D eigenvalue weighted by atomic mass is 16.2. The minimum Gasteiger partial charge on any atom is -0.349 e. The zero-order valence-corrected chi connectivity index (χ0v) is 12.3. The largest absolute Gasteiger partial charge is 0.349 e. The summed E-state index contributed by atoms with van der Waals surface area (Å²) in [6.07, 6.45) is 1.98. The van der Waals surface area contributed by atoms with Crippen LogP contribution in [0.25, 0.3) is 0 Å². The molecular formula is C14H29NO. The van der Waals surface area contributed by atoms with Crippen LogP contribution in [-0.2, 0) is 4.79 Å². The lowest BCUT2D eigenvalue weighted by atomic mass is 9.69. The van der Waals surface area contributed by atoms with Gasteiger partial charge in [-0.2, -0.15) is 0 Å². The van der Waals surface area contributed by atoms with Gasteiger partial charge in [0.2, 0.25) is 5.91 Å². The van der Waals surface area contributed by atoms with Gasteiger partial charge in [-0.3, -0.25) is 4.79 Å². The summed E-state index contributed by atoms with van der Waals surface area (Å²) in [6, 6.07) is 0. The molecule has 0 aromatic rings. The van der Waals surface area contributed by atoms with E-state index in [4.69, 9.17) is 0 Å². The van der Waals surface area contributed by atoms with E-state index in [1.807, 2.05) is 14.1 Å². The summed E-state index contributed by atoms with van der Waals surface area (Å²) >= 11 is 0. The van der Waals surface area contributed by atoms with Crippen LogP contribution in [0.1, 0.15) is 54.4 Å². The molecule has 0 saturated carbocycles. The maximum absolute atomic E-state index is 12.3. The minimum atomic E-state index is 0.0780. The van der Waals surface area contributed by atoms with Gasteiger partial charge in [-0.1, -0.05) is 48.0 Å². The molecule has 0 spiro atoms. The molecule has 0 fully saturated rings. The molecule has 0 aliphatic heterocycles. The second-order valence-corrected chi connectivity index (χ2v) is 6.89. The second kappa shape index (κ2) is 5.20. The van der Waals surface area contributed by atoms with Crippen molar-refractivity contribution < 1.29 is 4.79 Å². The van der Waals surface area contributed by atoms with E-state index in [-0.39, 0.29) is 22.7 Å². The van der Waals surface area contributed by atoms with Gasteiger partial charge in [-0.15, -0.1) is 0 Å². The molecule has 2 nitrogen and oxygen atoms in total. The number of hydrogen-bond donors (Lipinski definition) is 0. The van der Waals surface area contributed by atoms with E-state index >= 15 is 0 Å². The fraction of sp³-hybridized carbons (Fsp3) is 0.929. The predicted octanol–water partition coefficient (Wildman–Crippen LogP) is 3.56. The van der Waals surface area contributed by atoms with Gasteiger partial charge in [0.25, 0.3) is 0 Å². The molecule has 0 aliphatic rings. The van der Waals surface area contributed by atoms with E-state index < -0.39 is 0 Å². The molecule has 16 heavy (non-hydrogen) atoms. The smallest absolute Gasteiger partial charge is 0.225 e. The Morgan fingerprint density at radius 2 is 1.56 bits per heavy atom. The number of nitrogens with zero attached hydrogens (tertiary/aromatic N) is 1. The van der Waals surface area contributed by atoms with E-state index in [1.54, 1.807) is 4.90 Å². The Morgan fingerprint density at radius 3 is 1.81 bits per heavy atom. The van der Waals surface area contributed by atoms with Crippen LogP contribution in [-0.4, -0.2) is 24.9 Å². The third-order valence-corrected chi connectivity index (χ3v) is 3.41. The number of rotatable bonds is 4. The second-order valence-electron chi connectivity index (χ2n) is 6.89. The van der Waals surface area contributed by atoms with Crippen LogP contribution in [0.5, 0.6) is 0 Å². The molecule has 0 bridgehead atoms. The minimum absolute atomic E-state index is 0.0780. The van der Waals surface area contributed by atoms with Crippen molar-refractivity contribution in [3.05, 3.63) is 0 Å². The van der Waals surface area contributed by atoms with Crippen molar-refractivity contribution >= 4 is 5.91 Å². The first kappa shape index (κ1) is 15.5. The molecule has 96 valence electrons. The zero-order chi connectivity index (χ0) is 13.1. The average molecular weight is 227 g/mol. The maximum Gasteiger partial charge on any atom is 0.225 e. The van der Waals surface area contributed by atoms with Crippen molar-refractivity contribution in [2.24, 2.45) is 16.7 Å². The Labute approximate surface area is 101 Å². The van der Waals surface area contributed by atoms with Crippen molar-refractivity contribution in [3.8, 4) is 0 Å². The Kier molecular flexibility index (Phi) is 5.03. The summed E-state index contributed by atoms with van der Waals surface area (Å²) in [6.45, 7) is 13.2. The van der Waals surface area contributed by atoms with Gasteiger partial charge in [0.05, 0.1) is 0 Å². The quantitative estimate of drug-likeness (QED) is 0.719. The van der Waals surface area contributed by atoms with E-state index in [2.05, 4.69) is 41.5 Å². The summed E-state index contributed by atoms with van der Waals surface area (Å²) in [7, 11) is 3.70. The molecule has 0 aromatic heterocycles. The van der Waals surface area contributed by atoms with Crippen LogP contribution in [0.2, 0.25) is 0 Å². The summed E-state index contributed by atoms with van der Waals surface area (Å²) in [5.41, 5.74) is 0.275. The summed E-state index contributed by atoms with van der Waals surface area (Å²) in [5, 5.41) is 0. The van der Waals surface area contributed by atoms with Gasteiger partial charge in [0.15, 0.2) is 0 Å². The average Bonchev–Trinajstić information content (AvgIpc) is 2.11. The van der Waals surface area contributed by atoms with E-state index in [9.17, 15) is 4.79 Å². The van der Waals surface area contributed by atoms with E-state index in [0.717, 1.165) is 12.8 Å². The number of carbonyl (C=O) groups is 1. The van der Waals surface area contributed by atoms with Gasteiger partial charge in [0.1, 0.15) is 0 Å². The Balaban J connectivity index is 5.00. The van der Waals surface area contributed by atoms with Gasteiger partial charge in [0, 0.05) is 20.0 Å². The van der Waals surface area contributed by atoms with Gasteiger partial charge >= 0.3 is 0 Å². The number of amides is 1. The summed E-state index contributed by atoms with van der Waals surface area (Å²) in [4.78, 5) is 14.0. The van der Waals surface area contributed by atoms with Gasteiger partial charge < -0.3 is 4.90 Å². The Bertz CT molecular complexity index is 236. The lowest BCUT2D eigenvalue weighted by molar-refractivity contribution is -0.138. The molecule has 1 unspecified atom stereocenters. The van der Waals surface area contributed by atoms with Gasteiger partial charge in [-0.25, -0.2) is 0 Å². The topological polar surface area (TPSA) is 20.3 Å². The van der Waals surface area contributed by atoms with E-state index in [1.165, 1.54) is 0 Å².